The average molecular weight is 569 g/mol. The first kappa shape index (κ1) is 29.2. The third-order valence-electron chi connectivity index (χ3n) is 6.93. The minimum Gasteiger partial charge on any atom is -0.491 e. The fourth-order valence-corrected chi connectivity index (χ4v) is 4.94. The molecule has 3 N–H and O–H groups in total. The molecule has 0 radical (unpaired) electrons. The molecule has 0 bridgehead atoms. The number of nitrogens with one attached hydrogen (secondary N) is 1. The molecule has 0 spiro atoms. The van der Waals surface area contributed by atoms with Crippen LogP contribution in [0, 0.1) is 6.92 Å². The molecule has 4 aromatic rings. The summed E-state index contributed by atoms with van der Waals surface area (Å²) in [5, 5.41) is 19.6. The Kier molecular flexibility index (Phi) is 8.54. The largest absolute Gasteiger partial charge is 0.491 e. The number of aliphatic hydroxyl groups excluding tert-OH is 1. The highest BCUT2D eigenvalue weighted by Crippen LogP contribution is 2.26. The van der Waals surface area contributed by atoms with E-state index in [1.165, 1.54) is 0 Å². The average Bonchev–Trinajstić information content (AvgIpc) is 3.41. The maximum atomic E-state index is 13.9. The van der Waals surface area contributed by atoms with Gasteiger partial charge in [0.2, 0.25) is 0 Å². The number of aliphatic imine (C=N–C) groups is 1. The number of amidine groups is 1. The zero-order valence-corrected chi connectivity index (χ0v) is 24.3. The Morgan fingerprint density at radius 3 is 2.33 bits per heavy atom. The number of aryl methyl sites for hydroxylation is 2. The normalized spacial score (nSPS) is 14.9. The van der Waals surface area contributed by atoms with E-state index in [2.05, 4.69) is 17.4 Å². The number of hydrogen-bond donors (Lipinski definition) is 3. The lowest BCUT2D eigenvalue weighted by Gasteiger charge is -2.18. The third-order valence-corrected chi connectivity index (χ3v) is 6.93. The van der Waals surface area contributed by atoms with E-state index in [-0.39, 0.29) is 12.2 Å². The van der Waals surface area contributed by atoms with Crippen LogP contribution >= 0.6 is 0 Å². The summed E-state index contributed by atoms with van der Waals surface area (Å²) in [4.78, 5) is 27.9. The van der Waals surface area contributed by atoms with Crippen LogP contribution in [0.4, 0.5) is 0 Å². The van der Waals surface area contributed by atoms with Crippen LogP contribution in [0.5, 0.6) is 5.75 Å². The number of hydroxylamine groups is 1. The van der Waals surface area contributed by atoms with Crippen molar-refractivity contribution in [3.63, 3.8) is 0 Å². The Labute approximate surface area is 245 Å². The summed E-state index contributed by atoms with van der Waals surface area (Å²) in [7, 11) is 0. The number of nitrogens with zero attached hydrogens (tertiary/aromatic N) is 3. The third kappa shape index (κ3) is 6.60. The molecular formula is C33H36N4O5. The lowest BCUT2D eigenvalue weighted by molar-refractivity contribution is -0.102. The van der Waals surface area contributed by atoms with E-state index in [0.29, 0.717) is 41.5 Å². The summed E-state index contributed by atoms with van der Waals surface area (Å²) in [5.41, 5.74) is 7.56. The molecule has 0 fully saturated rings. The molecule has 5 rings (SSSR count). The Bertz CT molecular complexity index is 1640. The highest BCUT2D eigenvalue weighted by atomic mass is 16.7. The summed E-state index contributed by atoms with van der Waals surface area (Å²) in [6.45, 7) is 7.47. The standard InChI is InChI=1S/C33H36N4O5/c1-5-8-29-28(31(38)37(21(2)34-29)24-15-17-25(18-16-24)41-20-33(3,4)40)19-22-11-13-23(14-12-22)26-9-6-7-10-27(26)30-35-32(39)42-36-30/h6-7,9-18,32,39-40H,5,8,19-20H2,1-4H3,(H,35,36). The van der Waals surface area contributed by atoms with E-state index in [1.807, 2.05) is 67.6 Å². The van der Waals surface area contributed by atoms with Crippen molar-refractivity contribution in [2.75, 3.05) is 6.61 Å². The molecule has 1 atom stereocenters. The quantitative estimate of drug-likeness (QED) is 0.259. The molecular weight excluding hydrogens is 532 g/mol. The van der Waals surface area contributed by atoms with Crippen LogP contribution < -0.4 is 15.8 Å². The summed E-state index contributed by atoms with van der Waals surface area (Å²) in [5.74, 6) is 1.71. The van der Waals surface area contributed by atoms with Crippen LogP contribution in [-0.4, -0.2) is 44.2 Å². The molecule has 1 aliphatic heterocycles. The van der Waals surface area contributed by atoms with E-state index in [4.69, 9.17) is 14.6 Å². The van der Waals surface area contributed by atoms with Gasteiger partial charge in [-0.1, -0.05) is 61.9 Å². The first-order valence-corrected chi connectivity index (χ1v) is 14.1. The maximum absolute atomic E-state index is 13.9. The minimum absolute atomic E-state index is 0.0885. The number of rotatable bonds is 10. The topological polar surface area (TPSA) is 118 Å². The van der Waals surface area contributed by atoms with Crippen molar-refractivity contribution >= 4 is 5.84 Å². The van der Waals surface area contributed by atoms with Crippen molar-refractivity contribution in [1.82, 2.24) is 15.0 Å². The van der Waals surface area contributed by atoms with Gasteiger partial charge in [-0.05, 0) is 68.1 Å². The van der Waals surface area contributed by atoms with Crippen molar-refractivity contribution in [3.8, 4) is 22.6 Å². The van der Waals surface area contributed by atoms with Gasteiger partial charge in [-0.15, -0.1) is 0 Å². The van der Waals surface area contributed by atoms with Gasteiger partial charge in [-0.25, -0.2) is 20.3 Å². The Morgan fingerprint density at radius 1 is 1.02 bits per heavy atom. The van der Waals surface area contributed by atoms with E-state index in [0.717, 1.165) is 34.4 Å². The number of aliphatic hydroxyl groups is 2. The minimum atomic E-state index is -1.23. The molecule has 9 nitrogen and oxygen atoms in total. The molecule has 42 heavy (non-hydrogen) atoms. The molecule has 1 aromatic heterocycles. The van der Waals surface area contributed by atoms with Crippen molar-refractivity contribution in [1.29, 1.82) is 0 Å². The highest BCUT2D eigenvalue weighted by molar-refractivity contribution is 6.04. The molecule has 0 amide bonds. The van der Waals surface area contributed by atoms with Crippen LogP contribution in [-0.2, 0) is 17.7 Å². The van der Waals surface area contributed by atoms with E-state index in [1.54, 1.807) is 30.5 Å². The first-order chi connectivity index (χ1) is 20.1. The summed E-state index contributed by atoms with van der Waals surface area (Å²) in [6, 6.07) is 23.1. The van der Waals surface area contributed by atoms with Gasteiger partial charge in [-0.3, -0.25) is 9.36 Å². The van der Waals surface area contributed by atoms with Crippen molar-refractivity contribution in [2.24, 2.45) is 4.99 Å². The lowest BCUT2D eigenvalue weighted by atomic mass is 9.96. The molecule has 1 aliphatic rings. The second kappa shape index (κ2) is 12.3. The number of benzene rings is 3. The van der Waals surface area contributed by atoms with Gasteiger partial charge in [0.15, 0.2) is 5.84 Å². The molecule has 3 aromatic carbocycles. The maximum Gasteiger partial charge on any atom is 0.280 e. The van der Waals surface area contributed by atoms with Crippen molar-refractivity contribution in [2.45, 2.75) is 59.0 Å². The zero-order valence-electron chi connectivity index (χ0n) is 24.3. The van der Waals surface area contributed by atoms with Crippen LogP contribution in [0.15, 0.2) is 82.6 Å². The number of aromatic nitrogens is 2. The monoisotopic (exact) mass is 568 g/mol. The van der Waals surface area contributed by atoms with Gasteiger partial charge in [0.05, 0.1) is 17.0 Å². The van der Waals surface area contributed by atoms with Crippen molar-refractivity contribution < 1.29 is 19.8 Å². The van der Waals surface area contributed by atoms with Gasteiger partial charge >= 0.3 is 0 Å². The second-order valence-corrected chi connectivity index (χ2v) is 11.0. The summed E-state index contributed by atoms with van der Waals surface area (Å²) in [6.07, 6.45) is 0.807. The zero-order chi connectivity index (χ0) is 29.9. The van der Waals surface area contributed by atoms with Crippen LogP contribution in [0.3, 0.4) is 0 Å². The summed E-state index contributed by atoms with van der Waals surface area (Å²) < 4.78 is 7.32. The molecule has 0 aliphatic carbocycles. The fraction of sp³-hybridized carbons (Fsp3) is 0.303. The van der Waals surface area contributed by atoms with Crippen LogP contribution in [0.25, 0.3) is 16.8 Å². The molecule has 0 saturated carbocycles. The summed E-state index contributed by atoms with van der Waals surface area (Å²) >= 11 is 0. The van der Waals surface area contributed by atoms with Crippen LogP contribution in [0.1, 0.15) is 55.4 Å². The van der Waals surface area contributed by atoms with Gasteiger partial charge < -0.3 is 14.9 Å². The smallest absolute Gasteiger partial charge is 0.280 e. The predicted molar refractivity (Wildman–Crippen MR) is 162 cm³/mol. The molecule has 9 heteroatoms. The highest BCUT2D eigenvalue weighted by Gasteiger charge is 2.20. The lowest BCUT2D eigenvalue weighted by Crippen LogP contribution is -2.28. The molecule has 218 valence electrons. The van der Waals surface area contributed by atoms with E-state index in [9.17, 15) is 15.0 Å². The van der Waals surface area contributed by atoms with Gasteiger partial charge in [0.25, 0.3) is 12.0 Å². The Balaban J connectivity index is 1.44. The van der Waals surface area contributed by atoms with Gasteiger partial charge in [-0.2, -0.15) is 0 Å². The van der Waals surface area contributed by atoms with Crippen LogP contribution in [0.2, 0.25) is 0 Å². The van der Waals surface area contributed by atoms with E-state index < -0.39 is 12.0 Å². The molecule has 2 heterocycles. The number of ether oxygens (including phenoxy) is 1. The predicted octanol–water partition coefficient (Wildman–Crippen LogP) is 4.46. The Morgan fingerprint density at radius 2 is 1.71 bits per heavy atom. The first-order valence-electron chi connectivity index (χ1n) is 14.1. The molecule has 0 saturated heterocycles. The molecule has 1 unspecified atom stereocenters. The van der Waals surface area contributed by atoms with Gasteiger partial charge in [0.1, 0.15) is 18.2 Å². The number of hydrogen-bond acceptors (Lipinski definition) is 8. The second-order valence-electron chi connectivity index (χ2n) is 11.0. The Hall–Kier alpha value is -4.31. The van der Waals surface area contributed by atoms with Crippen molar-refractivity contribution in [3.05, 3.63) is 111 Å². The SMILES string of the molecule is CCCc1nc(C)n(-c2ccc(OCC(C)(C)O)cc2)c(=O)c1Cc1ccc(-c2ccccc2C2=NC(O)ON2)cc1. The van der Waals surface area contributed by atoms with Gasteiger partial charge in [0, 0.05) is 17.5 Å². The van der Waals surface area contributed by atoms with E-state index >= 15 is 0 Å². The fourth-order valence-electron chi connectivity index (χ4n) is 4.94.